The highest BCUT2D eigenvalue weighted by molar-refractivity contribution is 5.06. The van der Waals surface area contributed by atoms with Crippen molar-refractivity contribution in [3.63, 3.8) is 0 Å². The average molecular weight is 261 g/mol. The molecule has 0 aromatic carbocycles. The second kappa shape index (κ2) is 5.57. The molecule has 2 aromatic heterocycles. The third-order valence-corrected chi connectivity index (χ3v) is 2.85. The number of nitrogens with zero attached hydrogens (tertiary/aromatic N) is 4. The van der Waals surface area contributed by atoms with E-state index < -0.39 is 0 Å². The molecule has 5 heteroatoms. The maximum atomic E-state index is 4.56. The van der Waals surface area contributed by atoms with Gasteiger partial charge in [0.05, 0.1) is 18.4 Å². The van der Waals surface area contributed by atoms with Crippen molar-refractivity contribution in [2.45, 2.75) is 52.9 Å². The SMILES string of the molecule is CCn1cc(Cn2ccc(CNC(C)(C)C)n2)cn1. The molecule has 0 unspecified atom stereocenters. The van der Waals surface area contributed by atoms with Crippen molar-refractivity contribution in [1.29, 1.82) is 0 Å². The van der Waals surface area contributed by atoms with Crippen molar-refractivity contribution < 1.29 is 0 Å². The van der Waals surface area contributed by atoms with Crippen molar-refractivity contribution in [1.82, 2.24) is 24.9 Å². The molecule has 0 bridgehead atoms. The molecule has 0 radical (unpaired) electrons. The lowest BCUT2D eigenvalue weighted by Gasteiger charge is -2.19. The lowest BCUT2D eigenvalue weighted by Crippen LogP contribution is -2.35. The zero-order chi connectivity index (χ0) is 13.9. The van der Waals surface area contributed by atoms with E-state index in [2.05, 4.69) is 55.5 Å². The maximum Gasteiger partial charge on any atom is 0.0762 e. The van der Waals surface area contributed by atoms with Gasteiger partial charge in [-0.25, -0.2) is 0 Å². The summed E-state index contributed by atoms with van der Waals surface area (Å²) in [4.78, 5) is 0. The van der Waals surface area contributed by atoms with Crippen LogP contribution in [0.15, 0.2) is 24.7 Å². The number of aryl methyl sites for hydroxylation is 1. The Balaban J connectivity index is 1.93. The molecule has 5 nitrogen and oxygen atoms in total. The van der Waals surface area contributed by atoms with E-state index >= 15 is 0 Å². The van der Waals surface area contributed by atoms with Crippen LogP contribution in [-0.2, 0) is 19.6 Å². The Kier molecular flexibility index (Phi) is 4.04. The summed E-state index contributed by atoms with van der Waals surface area (Å²) in [7, 11) is 0. The van der Waals surface area contributed by atoms with Crippen LogP contribution in [-0.4, -0.2) is 25.1 Å². The first-order valence-corrected chi connectivity index (χ1v) is 6.75. The molecule has 0 fully saturated rings. The highest BCUT2D eigenvalue weighted by Gasteiger charge is 2.09. The topological polar surface area (TPSA) is 47.7 Å². The summed E-state index contributed by atoms with van der Waals surface area (Å²) in [6.07, 6.45) is 5.98. The predicted octanol–water partition coefficient (Wildman–Crippen LogP) is 2.04. The van der Waals surface area contributed by atoms with Crippen LogP contribution in [0.25, 0.3) is 0 Å². The molecule has 0 saturated carbocycles. The number of hydrogen-bond donors (Lipinski definition) is 1. The zero-order valence-corrected chi connectivity index (χ0v) is 12.2. The van der Waals surface area contributed by atoms with Gasteiger partial charge in [0.2, 0.25) is 0 Å². The van der Waals surface area contributed by atoms with Gasteiger partial charge in [-0.15, -0.1) is 0 Å². The second-order valence-electron chi connectivity index (χ2n) is 5.81. The minimum atomic E-state index is 0.117. The summed E-state index contributed by atoms with van der Waals surface area (Å²) >= 11 is 0. The summed E-state index contributed by atoms with van der Waals surface area (Å²) < 4.78 is 3.89. The standard InChI is InChI=1S/C14H23N5/c1-5-18-10-12(8-16-18)11-19-7-6-13(17-19)9-15-14(2,3)4/h6-8,10,15H,5,9,11H2,1-4H3. The zero-order valence-electron chi connectivity index (χ0n) is 12.2. The van der Waals surface area contributed by atoms with Crippen LogP contribution in [0.1, 0.15) is 39.0 Å². The van der Waals surface area contributed by atoms with E-state index in [9.17, 15) is 0 Å². The number of rotatable bonds is 5. The summed E-state index contributed by atoms with van der Waals surface area (Å²) in [5.74, 6) is 0. The van der Waals surface area contributed by atoms with E-state index in [1.54, 1.807) is 0 Å². The monoisotopic (exact) mass is 261 g/mol. The van der Waals surface area contributed by atoms with Gasteiger partial charge in [0, 0.05) is 36.6 Å². The molecule has 2 aromatic rings. The fourth-order valence-electron chi connectivity index (χ4n) is 1.79. The second-order valence-corrected chi connectivity index (χ2v) is 5.81. The molecular weight excluding hydrogens is 238 g/mol. The minimum absolute atomic E-state index is 0.117. The first-order valence-electron chi connectivity index (χ1n) is 6.75. The third-order valence-electron chi connectivity index (χ3n) is 2.85. The molecule has 0 aliphatic heterocycles. The maximum absolute atomic E-state index is 4.56. The van der Waals surface area contributed by atoms with Crippen molar-refractivity contribution >= 4 is 0 Å². The quantitative estimate of drug-likeness (QED) is 0.896. The molecular formula is C14H23N5. The number of nitrogens with one attached hydrogen (secondary N) is 1. The molecule has 0 saturated heterocycles. The molecule has 104 valence electrons. The van der Waals surface area contributed by atoms with Crippen LogP contribution in [0.3, 0.4) is 0 Å². The van der Waals surface area contributed by atoms with Gasteiger partial charge in [0.25, 0.3) is 0 Å². The molecule has 1 N–H and O–H groups in total. The smallest absolute Gasteiger partial charge is 0.0762 e. The van der Waals surface area contributed by atoms with Crippen LogP contribution in [0.5, 0.6) is 0 Å². The molecule has 0 atom stereocenters. The van der Waals surface area contributed by atoms with Gasteiger partial charge in [0.15, 0.2) is 0 Å². The Hall–Kier alpha value is -1.62. The van der Waals surface area contributed by atoms with Crippen LogP contribution in [0, 0.1) is 0 Å². The summed E-state index contributed by atoms with van der Waals surface area (Å²) in [5.41, 5.74) is 2.37. The van der Waals surface area contributed by atoms with Crippen molar-refractivity contribution in [2.24, 2.45) is 0 Å². The van der Waals surface area contributed by atoms with E-state index in [4.69, 9.17) is 0 Å². The Morgan fingerprint density at radius 1 is 1.26 bits per heavy atom. The molecule has 0 amide bonds. The van der Waals surface area contributed by atoms with E-state index in [0.717, 1.165) is 25.3 Å². The normalized spacial score (nSPS) is 12.0. The molecule has 0 aliphatic rings. The van der Waals surface area contributed by atoms with E-state index in [-0.39, 0.29) is 5.54 Å². The fourth-order valence-corrected chi connectivity index (χ4v) is 1.79. The van der Waals surface area contributed by atoms with Crippen molar-refractivity contribution in [3.8, 4) is 0 Å². The van der Waals surface area contributed by atoms with Crippen molar-refractivity contribution in [3.05, 3.63) is 35.9 Å². The number of aromatic nitrogens is 4. The Bertz CT molecular complexity index is 518. The first kappa shape index (κ1) is 13.8. The van der Waals surface area contributed by atoms with E-state index in [1.807, 2.05) is 21.8 Å². The lowest BCUT2D eigenvalue weighted by atomic mass is 10.1. The van der Waals surface area contributed by atoms with Crippen LogP contribution in [0.4, 0.5) is 0 Å². The highest BCUT2D eigenvalue weighted by atomic mass is 15.3. The van der Waals surface area contributed by atoms with Gasteiger partial charge in [-0.05, 0) is 33.8 Å². The fraction of sp³-hybridized carbons (Fsp3) is 0.571. The molecule has 0 aliphatic carbocycles. The summed E-state index contributed by atoms with van der Waals surface area (Å²) in [6.45, 7) is 11.0. The molecule has 0 spiro atoms. The third kappa shape index (κ3) is 4.21. The van der Waals surface area contributed by atoms with Gasteiger partial charge in [-0.2, -0.15) is 10.2 Å². The van der Waals surface area contributed by atoms with Crippen LogP contribution >= 0.6 is 0 Å². The van der Waals surface area contributed by atoms with Gasteiger partial charge in [0.1, 0.15) is 0 Å². The summed E-state index contributed by atoms with van der Waals surface area (Å²) in [6, 6.07) is 2.06. The first-order chi connectivity index (χ1) is 8.96. The molecule has 19 heavy (non-hydrogen) atoms. The minimum Gasteiger partial charge on any atom is -0.306 e. The van der Waals surface area contributed by atoms with Gasteiger partial charge in [-0.3, -0.25) is 9.36 Å². The average Bonchev–Trinajstić information content (AvgIpc) is 2.95. The van der Waals surface area contributed by atoms with Gasteiger partial charge in [-0.1, -0.05) is 0 Å². The summed E-state index contributed by atoms with van der Waals surface area (Å²) in [5, 5.41) is 12.3. The van der Waals surface area contributed by atoms with Crippen LogP contribution in [0.2, 0.25) is 0 Å². The molecule has 2 heterocycles. The van der Waals surface area contributed by atoms with Gasteiger partial charge < -0.3 is 5.32 Å². The molecule has 2 rings (SSSR count). The lowest BCUT2D eigenvalue weighted by molar-refractivity contribution is 0.419. The largest absolute Gasteiger partial charge is 0.306 e. The number of hydrogen-bond acceptors (Lipinski definition) is 3. The van der Waals surface area contributed by atoms with E-state index in [1.165, 1.54) is 5.56 Å². The Labute approximate surface area is 114 Å². The van der Waals surface area contributed by atoms with Gasteiger partial charge >= 0.3 is 0 Å². The predicted molar refractivity (Wildman–Crippen MR) is 75.8 cm³/mol. The Morgan fingerprint density at radius 3 is 2.68 bits per heavy atom. The van der Waals surface area contributed by atoms with Crippen molar-refractivity contribution in [2.75, 3.05) is 0 Å². The van der Waals surface area contributed by atoms with E-state index in [0.29, 0.717) is 0 Å². The van der Waals surface area contributed by atoms with Crippen LogP contribution < -0.4 is 5.32 Å². The highest BCUT2D eigenvalue weighted by Crippen LogP contribution is 2.05. The Morgan fingerprint density at radius 2 is 2.05 bits per heavy atom.